The molecule has 0 unspecified atom stereocenters. The molecule has 7 heteroatoms. The number of hydrogen-bond acceptors (Lipinski definition) is 4. The van der Waals surface area contributed by atoms with E-state index in [1.807, 2.05) is 0 Å². The molecule has 0 spiro atoms. The maximum atomic E-state index is 13.4. The van der Waals surface area contributed by atoms with Gasteiger partial charge in [-0.15, -0.1) is 0 Å². The highest BCUT2D eigenvalue weighted by atomic mass is 19.1. The largest absolute Gasteiger partial charge is 0.368 e. The van der Waals surface area contributed by atoms with Crippen LogP contribution in [-0.2, 0) is 17.9 Å². The molecule has 1 amide bonds. The average Bonchev–Trinajstić information content (AvgIpc) is 2.86. The molecule has 1 aliphatic heterocycles. The van der Waals surface area contributed by atoms with Crippen molar-refractivity contribution in [1.29, 1.82) is 0 Å². The number of carbonyl (C=O) groups is 1. The smallest absolute Gasteiger partial charge is 0.234 e. The van der Waals surface area contributed by atoms with Crippen molar-refractivity contribution in [2.24, 2.45) is 11.7 Å². The first kappa shape index (κ1) is 13.9. The Morgan fingerprint density at radius 3 is 3.00 bits per heavy atom. The van der Waals surface area contributed by atoms with Crippen LogP contribution in [0.4, 0.5) is 4.39 Å². The summed E-state index contributed by atoms with van der Waals surface area (Å²) in [6.45, 7) is 5.56. The molecule has 0 aromatic carbocycles. The van der Waals surface area contributed by atoms with Gasteiger partial charge in [-0.3, -0.25) is 9.69 Å². The third-order valence-corrected chi connectivity index (χ3v) is 3.26. The van der Waals surface area contributed by atoms with E-state index in [1.165, 1.54) is 6.33 Å². The summed E-state index contributed by atoms with van der Waals surface area (Å²) >= 11 is 0. The first-order valence-corrected chi connectivity index (χ1v) is 6.51. The van der Waals surface area contributed by atoms with Crippen molar-refractivity contribution < 1.29 is 9.18 Å². The van der Waals surface area contributed by atoms with Gasteiger partial charge in [0, 0.05) is 19.5 Å². The van der Waals surface area contributed by atoms with Crippen LogP contribution in [0.2, 0.25) is 0 Å². The SMILES string of the molecule is CC(C)Cn1ncnc1CN1C[C@H](F)C[C@H]1C(N)=O. The molecule has 2 N–H and O–H groups in total. The van der Waals surface area contributed by atoms with Crippen LogP contribution in [0.25, 0.3) is 0 Å². The summed E-state index contributed by atoms with van der Waals surface area (Å²) in [4.78, 5) is 17.3. The first-order valence-electron chi connectivity index (χ1n) is 6.51. The maximum Gasteiger partial charge on any atom is 0.234 e. The monoisotopic (exact) mass is 269 g/mol. The van der Waals surface area contributed by atoms with E-state index >= 15 is 0 Å². The van der Waals surface area contributed by atoms with Crippen molar-refractivity contribution >= 4 is 5.91 Å². The normalized spacial score (nSPS) is 24.2. The molecule has 1 saturated heterocycles. The van der Waals surface area contributed by atoms with Gasteiger partial charge in [0.2, 0.25) is 5.91 Å². The van der Waals surface area contributed by atoms with Gasteiger partial charge in [-0.05, 0) is 5.92 Å². The quantitative estimate of drug-likeness (QED) is 0.835. The Bertz CT molecular complexity index is 447. The summed E-state index contributed by atoms with van der Waals surface area (Å²) in [5.41, 5.74) is 5.31. The van der Waals surface area contributed by atoms with E-state index in [9.17, 15) is 9.18 Å². The Balaban J connectivity index is 2.08. The van der Waals surface area contributed by atoms with Gasteiger partial charge in [0.15, 0.2) is 0 Å². The van der Waals surface area contributed by atoms with E-state index in [0.29, 0.717) is 12.5 Å². The number of halogens is 1. The number of nitrogens with zero attached hydrogens (tertiary/aromatic N) is 4. The van der Waals surface area contributed by atoms with Crippen molar-refractivity contribution in [3.05, 3.63) is 12.2 Å². The number of likely N-dealkylation sites (tertiary alicyclic amines) is 1. The Kier molecular flexibility index (Phi) is 4.14. The molecule has 0 bridgehead atoms. The van der Waals surface area contributed by atoms with Crippen LogP contribution < -0.4 is 5.73 Å². The Hall–Kier alpha value is -1.50. The molecule has 2 atom stereocenters. The highest BCUT2D eigenvalue weighted by Crippen LogP contribution is 2.22. The van der Waals surface area contributed by atoms with Crippen molar-refractivity contribution in [2.75, 3.05) is 6.54 Å². The summed E-state index contributed by atoms with van der Waals surface area (Å²) in [6.07, 6.45) is 0.659. The van der Waals surface area contributed by atoms with Crippen LogP contribution in [0.5, 0.6) is 0 Å². The fraction of sp³-hybridized carbons (Fsp3) is 0.750. The second-order valence-electron chi connectivity index (χ2n) is 5.43. The predicted octanol–water partition coefficient (Wildman–Crippen LogP) is 0.332. The highest BCUT2D eigenvalue weighted by molar-refractivity contribution is 5.80. The number of nitrogens with two attached hydrogens (primary N) is 1. The summed E-state index contributed by atoms with van der Waals surface area (Å²) in [5.74, 6) is 0.712. The number of hydrogen-bond donors (Lipinski definition) is 1. The summed E-state index contributed by atoms with van der Waals surface area (Å²) in [5, 5.41) is 4.16. The zero-order valence-corrected chi connectivity index (χ0v) is 11.3. The zero-order valence-electron chi connectivity index (χ0n) is 11.3. The number of carbonyl (C=O) groups excluding carboxylic acids is 1. The van der Waals surface area contributed by atoms with Crippen LogP contribution in [0.1, 0.15) is 26.1 Å². The van der Waals surface area contributed by atoms with Crippen LogP contribution >= 0.6 is 0 Å². The minimum atomic E-state index is -1.00. The van der Waals surface area contributed by atoms with Gasteiger partial charge in [0.05, 0.1) is 12.6 Å². The van der Waals surface area contributed by atoms with Crippen molar-refractivity contribution in [2.45, 2.75) is 45.6 Å². The number of rotatable bonds is 5. The lowest BCUT2D eigenvalue weighted by Gasteiger charge is -2.21. The number of primary amides is 1. The number of aromatic nitrogens is 3. The number of alkyl halides is 1. The van der Waals surface area contributed by atoms with Gasteiger partial charge in [0.1, 0.15) is 18.3 Å². The van der Waals surface area contributed by atoms with Gasteiger partial charge in [-0.1, -0.05) is 13.8 Å². The van der Waals surface area contributed by atoms with E-state index in [1.54, 1.807) is 9.58 Å². The second kappa shape index (κ2) is 5.64. The van der Waals surface area contributed by atoms with Crippen LogP contribution in [-0.4, -0.2) is 44.3 Å². The molecule has 1 fully saturated rings. The minimum Gasteiger partial charge on any atom is -0.368 e. The van der Waals surface area contributed by atoms with Gasteiger partial charge < -0.3 is 5.73 Å². The molecular weight excluding hydrogens is 249 g/mol. The molecule has 0 aliphatic carbocycles. The van der Waals surface area contributed by atoms with Gasteiger partial charge in [-0.2, -0.15) is 5.10 Å². The molecule has 1 aromatic heterocycles. The van der Waals surface area contributed by atoms with Crippen LogP contribution in [0.15, 0.2) is 6.33 Å². The van der Waals surface area contributed by atoms with Gasteiger partial charge in [-0.25, -0.2) is 14.1 Å². The van der Waals surface area contributed by atoms with Crippen LogP contribution in [0.3, 0.4) is 0 Å². The average molecular weight is 269 g/mol. The molecule has 2 rings (SSSR count). The van der Waals surface area contributed by atoms with E-state index in [2.05, 4.69) is 23.9 Å². The molecular formula is C12H20FN5O. The highest BCUT2D eigenvalue weighted by Gasteiger charge is 2.36. The molecule has 0 radical (unpaired) electrons. The van der Waals surface area contributed by atoms with Crippen molar-refractivity contribution in [3.63, 3.8) is 0 Å². The third-order valence-electron chi connectivity index (χ3n) is 3.26. The zero-order chi connectivity index (χ0) is 14.0. The van der Waals surface area contributed by atoms with E-state index < -0.39 is 18.1 Å². The lowest BCUT2D eigenvalue weighted by Crippen LogP contribution is -2.40. The van der Waals surface area contributed by atoms with Gasteiger partial charge in [0.25, 0.3) is 0 Å². The maximum absolute atomic E-state index is 13.4. The van der Waals surface area contributed by atoms with E-state index in [-0.39, 0.29) is 13.0 Å². The standard InChI is InChI=1S/C12H20FN5O/c1-8(2)4-18-11(15-7-16-18)6-17-5-9(13)3-10(17)12(14)19/h7-10H,3-6H2,1-2H3,(H2,14,19)/t9-,10+/m1/s1. The molecule has 106 valence electrons. The molecule has 0 saturated carbocycles. The third kappa shape index (κ3) is 3.28. The summed E-state index contributed by atoms with van der Waals surface area (Å²) in [6, 6.07) is -0.542. The van der Waals surface area contributed by atoms with Crippen molar-refractivity contribution in [1.82, 2.24) is 19.7 Å². The molecule has 1 aliphatic rings. The Labute approximate surface area is 111 Å². The van der Waals surface area contributed by atoms with Gasteiger partial charge >= 0.3 is 0 Å². The molecule has 19 heavy (non-hydrogen) atoms. The predicted molar refractivity (Wildman–Crippen MR) is 67.8 cm³/mol. The van der Waals surface area contributed by atoms with Crippen LogP contribution in [0, 0.1) is 5.92 Å². The molecule has 1 aromatic rings. The molecule has 6 nitrogen and oxygen atoms in total. The fourth-order valence-electron chi connectivity index (χ4n) is 2.41. The molecule has 2 heterocycles. The van der Waals surface area contributed by atoms with E-state index in [0.717, 1.165) is 12.4 Å². The lowest BCUT2D eigenvalue weighted by molar-refractivity contribution is -0.122. The lowest BCUT2D eigenvalue weighted by atomic mass is 10.2. The van der Waals surface area contributed by atoms with Crippen molar-refractivity contribution in [3.8, 4) is 0 Å². The topological polar surface area (TPSA) is 77.0 Å². The summed E-state index contributed by atoms with van der Waals surface area (Å²) in [7, 11) is 0. The number of amides is 1. The second-order valence-corrected chi connectivity index (χ2v) is 5.43. The summed E-state index contributed by atoms with van der Waals surface area (Å²) < 4.78 is 15.2. The first-order chi connectivity index (χ1) is 8.97. The Morgan fingerprint density at radius 1 is 1.63 bits per heavy atom. The minimum absolute atomic E-state index is 0.174. The fourth-order valence-corrected chi connectivity index (χ4v) is 2.41. The Morgan fingerprint density at radius 2 is 2.37 bits per heavy atom. The van der Waals surface area contributed by atoms with E-state index in [4.69, 9.17) is 5.73 Å².